The van der Waals surface area contributed by atoms with Gasteiger partial charge in [0.1, 0.15) is 6.07 Å². The molecule has 0 bridgehead atoms. The van der Waals surface area contributed by atoms with E-state index in [0.717, 1.165) is 5.56 Å². The molecule has 11 heavy (non-hydrogen) atoms. The first-order valence-corrected chi connectivity index (χ1v) is 3.14. The number of nitrogens with zero attached hydrogens (tertiary/aromatic N) is 2. The van der Waals surface area contributed by atoms with Gasteiger partial charge < -0.3 is 0 Å². The molecule has 0 unspecified atom stereocenters. The van der Waals surface area contributed by atoms with Crippen LogP contribution in [0.2, 0.25) is 0 Å². The monoisotopic (exact) mass is 142 g/mol. The van der Waals surface area contributed by atoms with Gasteiger partial charge in [0.2, 0.25) is 0 Å². The number of hydrogen-bond donors (Lipinski definition) is 0. The molecule has 0 aliphatic heterocycles. The molecule has 0 N–H and O–H groups in total. The number of pyridine rings is 1. The maximum atomic E-state index is 8.49. The van der Waals surface area contributed by atoms with Crippen LogP contribution in [0.1, 0.15) is 18.1 Å². The Balaban J connectivity index is 3.10. The van der Waals surface area contributed by atoms with Crippen LogP contribution >= 0.6 is 0 Å². The summed E-state index contributed by atoms with van der Waals surface area (Å²) in [7, 11) is 0. The van der Waals surface area contributed by atoms with E-state index >= 15 is 0 Å². The third kappa shape index (κ3) is 1.81. The van der Waals surface area contributed by atoms with E-state index in [9.17, 15) is 0 Å². The van der Waals surface area contributed by atoms with Crippen LogP contribution in [0.3, 0.4) is 0 Å². The van der Waals surface area contributed by atoms with Gasteiger partial charge in [-0.2, -0.15) is 5.26 Å². The van der Waals surface area contributed by atoms with Crippen LogP contribution in [-0.2, 0) is 0 Å². The zero-order chi connectivity index (χ0) is 8.10. The summed E-state index contributed by atoms with van der Waals surface area (Å²) in [5.41, 5.74) is 1.33. The molecule has 1 aromatic heterocycles. The molecule has 0 amide bonds. The van der Waals surface area contributed by atoms with E-state index < -0.39 is 0 Å². The summed E-state index contributed by atoms with van der Waals surface area (Å²) in [5, 5.41) is 8.49. The molecule has 0 aliphatic carbocycles. The van der Waals surface area contributed by atoms with Crippen LogP contribution in [0.5, 0.6) is 0 Å². The van der Waals surface area contributed by atoms with Crippen molar-refractivity contribution >= 4 is 0 Å². The van der Waals surface area contributed by atoms with Gasteiger partial charge in [-0.3, -0.25) is 4.98 Å². The first-order chi connectivity index (χ1) is 5.36. The molecule has 0 radical (unpaired) electrons. The maximum Gasteiger partial charge on any atom is 0.101 e. The Morgan fingerprint density at radius 3 is 2.73 bits per heavy atom. The molecule has 0 atom stereocenters. The Hall–Kier alpha value is -1.80. The second-order valence-electron chi connectivity index (χ2n) is 1.95. The summed E-state index contributed by atoms with van der Waals surface area (Å²) in [5.74, 6) is 5.55. The molecular formula is C9H6N2. The van der Waals surface area contributed by atoms with Crippen molar-refractivity contribution in [2.75, 3.05) is 0 Å². The lowest BCUT2D eigenvalue weighted by atomic mass is 10.2. The van der Waals surface area contributed by atoms with Gasteiger partial charge in [0.05, 0.1) is 5.56 Å². The van der Waals surface area contributed by atoms with Crippen LogP contribution in [0, 0.1) is 23.2 Å². The number of nitriles is 1. The van der Waals surface area contributed by atoms with E-state index in [1.807, 2.05) is 6.07 Å². The number of aromatic nitrogens is 1. The number of hydrogen-bond acceptors (Lipinski definition) is 2. The molecule has 0 spiro atoms. The highest BCUT2D eigenvalue weighted by molar-refractivity contribution is 5.38. The van der Waals surface area contributed by atoms with Gasteiger partial charge in [0.15, 0.2) is 0 Å². The van der Waals surface area contributed by atoms with Crippen LogP contribution in [0.15, 0.2) is 18.5 Å². The Bertz CT molecular complexity index is 350. The highest BCUT2D eigenvalue weighted by Gasteiger charge is 1.90. The standard InChI is InChI=1S/C9H6N2/c1-2-3-8-4-9(5-10)7-11-6-8/h4,6-7H,1H3. The molecule has 2 heteroatoms. The summed E-state index contributed by atoms with van der Waals surface area (Å²) in [4.78, 5) is 3.85. The normalized spacial score (nSPS) is 7.64. The Labute approximate surface area is 65.5 Å². The molecule has 52 valence electrons. The van der Waals surface area contributed by atoms with Gasteiger partial charge in [-0.05, 0) is 13.0 Å². The Morgan fingerprint density at radius 2 is 2.09 bits per heavy atom. The smallest absolute Gasteiger partial charge is 0.101 e. The summed E-state index contributed by atoms with van der Waals surface area (Å²) in [6.07, 6.45) is 3.15. The van der Waals surface area contributed by atoms with Gasteiger partial charge in [0.25, 0.3) is 0 Å². The van der Waals surface area contributed by atoms with Crippen LogP contribution in [-0.4, -0.2) is 4.98 Å². The summed E-state index contributed by atoms with van der Waals surface area (Å²) < 4.78 is 0. The van der Waals surface area contributed by atoms with E-state index in [2.05, 4.69) is 16.8 Å². The van der Waals surface area contributed by atoms with Crippen molar-refractivity contribution in [2.24, 2.45) is 0 Å². The quantitative estimate of drug-likeness (QED) is 0.512. The molecule has 0 aliphatic rings. The van der Waals surface area contributed by atoms with Crippen molar-refractivity contribution in [1.82, 2.24) is 4.98 Å². The average molecular weight is 142 g/mol. The van der Waals surface area contributed by atoms with Crippen LogP contribution in [0.4, 0.5) is 0 Å². The highest BCUT2D eigenvalue weighted by Crippen LogP contribution is 1.98. The van der Waals surface area contributed by atoms with Crippen LogP contribution in [0.25, 0.3) is 0 Å². The molecule has 1 heterocycles. The zero-order valence-corrected chi connectivity index (χ0v) is 6.13. The minimum atomic E-state index is 0.547. The summed E-state index contributed by atoms with van der Waals surface area (Å²) >= 11 is 0. The Kier molecular flexibility index (Phi) is 2.25. The third-order valence-corrected chi connectivity index (χ3v) is 1.14. The molecule has 0 saturated carbocycles. The molecule has 1 aromatic rings. The first-order valence-electron chi connectivity index (χ1n) is 3.14. The Morgan fingerprint density at radius 1 is 1.36 bits per heavy atom. The predicted octanol–water partition coefficient (Wildman–Crippen LogP) is 1.32. The topological polar surface area (TPSA) is 36.7 Å². The molecule has 0 aromatic carbocycles. The molecule has 0 saturated heterocycles. The van der Waals surface area contributed by atoms with Crippen LogP contribution < -0.4 is 0 Å². The van der Waals surface area contributed by atoms with Crippen molar-refractivity contribution in [2.45, 2.75) is 6.92 Å². The van der Waals surface area contributed by atoms with Gasteiger partial charge >= 0.3 is 0 Å². The maximum absolute atomic E-state index is 8.49. The predicted molar refractivity (Wildman–Crippen MR) is 41.5 cm³/mol. The van der Waals surface area contributed by atoms with E-state index in [-0.39, 0.29) is 0 Å². The lowest BCUT2D eigenvalue weighted by Crippen LogP contribution is -1.80. The van der Waals surface area contributed by atoms with E-state index in [1.54, 1.807) is 19.2 Å². The van der Waals surface area contributed by atoms with E-state index in [1.165, 1.54) is 6.20 Å². The second-order valence-corrected chi connectivity index (χ2v) is 1.95. The van der Waals surface area contributed by atoms with Crippen molar-refractivity contribution in [3.05, 3.63) is 29.6 Å². The fourth-order valence-corrected chi connectivity index (χ4v) is 0.714. The van der Waals surface area contributed by atoms with Crippen molar-refractivity contribution in [1.29, 1.82) is 5.26 Å². The molecule has 2 nitrogen and oxygen atoms in total. The van der Waals surface area contributed by atoms with Crippen molar-refractivity contribution in [3.63, 3.8) is 0 Å². The largest absolute Gasteiger partial charge is 0.262 e. The zero-order valence-electron chi connectivity index (χ0n) is 6.13. The third-order valence-electron chi connectivity index (χ3n) is 1.14. The minimum Gasteiger partial charge on any atom is -0.262 e. The minimum absolute atomic E-state index is 0.547. The van der Waals surface area contributed by atoms with E-state index in [4.69, 9.17) is 5.26 Å². The van der Waals surface area contributed by atoms with Gasteiger partial charge in [-0.1, -0.05) is 5.92 Å². The fraction of sp³-hybridized carbons (Fsp3) is 0.111. The summed E-state index contributed by atoms with van der Waals surface area (Å²) in [6.45, 7) is 1.75. The van der Waals surface area contributed by atoms with Crippen molar-refractivity contribution < 1.29 is 0 Å². The van der Waals surface area contributed by atoms with Gasteiger partial charge in [-0.15, -0.1) is 5.92 Å². The number of rotatable bonds is 0. The van der Waals surface area contributed by atoms with Crippen molar-refractivity contribution in [3.8, 4) is 17.9 Å². The summed E-state index contributed by atoms with van der Waals surface area (Å²) in [6, 6.07) is 3.71. The average Bonchev–Trinajstić information content (AvgIpc) is 2.06. The molecule has 1 rings (SSSR count). The van der Waals surface area contributed by atoms with Gasteiger partial charge in [-0.25, -0.2) is 0 Å². The molecule has 0 fully saturated rings. The van der Waals surface area contributed by atoms with E-state index in [0.29, 0.717) is 5.56 Å². The second kappa shape index (κ2) is 3.39. The first kappa shape index (κ1) is 7.31. The lowest BCUT2D eigenvalue weighted by molar-refractivity contribution is 1.29. The SMILES string of the molecule is CC#Cc1cncc(C#N)c1. The lowest BCUT2D eigenvalue weighted by Gasteiger charge is -1.88. The van der Waals surface area contributed by atoms with Gasteiger partial charge in [0, 0.05) is 18.0 Å². The molecular weight excluding hydrogens is 136 g/mol. The highest BCUT2D eigenvalue weighted by atomic mass is 14.6. The fourth-order valence-electron chi connectivity index (χ4n) is 0.714.